The van der Waals surface area contributed by atoms with Crippen LogP contribution in [-0.4, -0.2) is 20.4 Å². The predicted molar refractivity (Wildman–Crippen MR) is 95.3 cm³/mol. The predicted octanol–water partition coefficient (Wildman–Crippen LogP) is 2.46. The van der Waals surface area contributed by atoms with Gasteiger partial charge in [-0.2, -0.15) is 4.72 Å². The maximum absolute atomic E-state index is 12.6. The topological polar surface area (TPSA) is 88.4 Å². The normalized spacial score (nSPS) is 13.0. The molecule has 0 bridgehead atoms. The van der Waals surface area contributed by atoms with Crippen LogP contribution in [0.2, 0.25) is 0 Å². The molecule has 2 aromatic rings. The highest BCUT2D eigenvalue weighted by atomic mass is 32.2. The van der Waals surface area contributed by atoms with Gasteiger partial charge in [-0.25, -0.2) is 8.42 Å². The van der Waals surface area contributed by atoms with Crippen molar-refractivity contribution in [3.05, 3.63) is 54.0 Å². The number of benzene rings is 1. The van der Waals surface area contributed by atoms with Crippen LogP contribution < -0.4 is 10.0 Å². The fourth-order valence-electron chi connectivity index (χ4n) is 2.33. The summed E-state index contributed by atoms with van der Waals surface area (Å²) in [5, 5.41) is 2.70. The highest BCUT2D eigenvalue weighted by molar-refractivity contribution is 7.89. The lowest BCUT2D eigenvalue weighted by Crippen LogP contribution is -2.49. The summed E-state index contributed by atoms with van der Waals surface area (Å²) in [6, 6.07) is 9.25. The number of rotatable bonds is 8. The molecule has 0 saturated heterocycles. The van der Waals surface area contributed by atoms with Crippen LogP contribution in [-0.2, 0) is 27.8 Å². The first-order valence-electron chi connectivity index (χ1n) is 8.25. The van der Waals surface area contributed by atoms with Gasteiger partial charge in [-0.3, -0.25) is 4.79 Å². The third-order valence-corrected chi connectivity index (χ3v) is 5.35. The number of furan rings is 1. The second-order valence-electron chi connectivity index (χ2n) is 6.14. The van der Waals surface area contributed by atoms with Gasteiger partial charge < -0.3 is 9.73 Å². The summed E-state index contributed by atoms with van der Waals surface area (Å²) in [6.07, 6.45) is 2.35. The van der Waals surface area contributed by atoms with Crippen LogP contribution in [0.1, 0.15) is 32.1 Å². The van der Waals surface area contributed by atoms with E-state index in [4.69, 9.17) is 4.42 Å². The quantitative estimate of drug-likeness (QED) is 0.753. The zero-order valence-electron chi connectivity index (χ0n) is 14.7. The molecular weight excluding hydrogens is 340 g/mol. The number of sulfonamides is 1. The highest BCUT2D eigenvalue weighted by Gasteiger charge is 2.28. The van der Waals surface area contributed by atoms with Gasteiger partial charge >= 0.3 is 0 Å². The van der Waals surface area contributed by atoms with Crippen LogP contribution in [0.5, 0.6) is 0 Å². The standard InChI is InChI=1S/C18H24N2O4S/c1-4-14-7-9-16(10-8-14)25(22,23)20-17(13(2)3)18(21)19-12-15-6-5-11-24-15/h5-11,13,17,20H,4,12H2,1-3H3,(H,19,21)/t17-/m0/s1. The Labute approximate surface area is 148 Å². The Bertz CT molecular complexity index is 781. The van der Waals surface area contributed by atoms with E-state index in [9.17, 15) is 13.2 Å². The number of hydrogen-bond acceptors (Lipinski definition) is 4. The molecule has 0 aliphatic rings. The van der Waals surface area contributed by atoms with Crippen molar-refractivity contribution in [1.29, 1.82) is 0 Å². The lowest BCUT2D eigenvalue weighted by atomic mass is 10.1. The molecule has 0 aliphatic heterocycles. The van der Waals surface area contributed by atoms with Gasteiger partial charge in [-0.1, -0.05) is 32.9 Å². The molecule has 0 unspecified atom stereocenters. The van der Waals surface area contributed by atoms with Gasteiger partial charge in [0.05, 0.1) is 17.7 Å². The van der Waals surface area contributed by atoms with Gasteiger partial charge in [0, 0.05) is 0 Å². The molecule has 136 valence electrons. The van der Waals surface area contributed by atoms with Crippen molar-refractivity contribution in [2.45, 2.75) is 44.7 Å². The summed E-state index contributed by atoms with van der Waals surface area (Å²) >= 11 is 0. The van der Waals surface area contributed by atoms with Crippen LogP contribution in [0.25, 0.3) is 0 Å². The molecule has 25 heavy (non-hydrogen) atoms. The number of carbonyl (C=O) groups is 1. The second-order valence-corrected chi connectivity index (χ2v) is 7.85. The zero-order valence-corrected chi connectivity index (χ0v) is 15.5. The molecule has 0 radical (unpaired) electrons. The monoisotopic (exact) mass is 364 g/mol. The molecule has 0 spiro atoms. The van der Waals surface area contributed by atoms with Gasteiger partial charge in [0.2, 0.25) is 15.9 Å². The van der Waals surface area contributed by atoms with Crippen LogP contribution >= 0.6 is 0 Å². The maximum Gasteiger partial charge on any atom is 0.241 e. The minimum absolute atomic E-state index is 0.147. The van der Waals surface area contributed by atoms with Crippen molar-refractivity contribution in [2.75, 3.05) is 0 Å². The lowest BCUT2D eigenvalue weighted by molar-refractivity contribution is -0.123. The van der Waals surface area contributed by atoms with E-state index in [1.807, 2.05) is 6.92 Å². The average molecular weight is 364 g/mol. The number of amides is 1. The molecule has 0 saturated carbocycles. The van der Waals surface area contributed by atoms with Gasteiger partial charge in [-0.15, -0.1) is 0 Å². The van der Waals surface area contributed by atoms with Crippen molar-refractivity contribution >= 4 is 15.9 Å². The minimum atomic E-state index is -3.78. The van der Waals surface area contributed by atoms with E-state index in [2.05, 4.69) is 10.0 Å². The van der Waals surface area contributed by atoms with Gasteiger partial charge in [-0.05, 0) is 42.2 Å². The summed E-state index contributed by atoms with van der Waals surface area (Å²) in [7, 11) is -3.78. The fraction of sp³-hybridized carbons (Fsp3) is 0.389. The Morgan fingerprint density at radius 1 is 1.16 bits per heavy atom. The van der Waals surface area contributed by atoms with E-state index in [0.29, 0.717) is 5.76 Å². The van der Waals surface area contributed by atoms with E-state index in [-0.39, 0.29) is 23.3 Å². The van der Waals surface area contributed by atoms with Crippen molar-refractivity contribution < 1.29 is 17.6 Å². The van der Waals surface area contributed by atoms with Gasteiger partial charge in [0.15, 0.2) is 0 Å². The molecule has 0 aliphatic carbocycles. The number of carbonyl (C=O) groups excluding carboxylic acids is 1. The zero-order chi connectivity index (χ0) is 18.4. The molecule has 6 nitrogen and oxygen atoms in total. The largest absolute Gasteiger partial charge is 0.467 e. The van der Waals surface area contributed by atoms with Gasteiger partial charge in [0.1, 0.15) is 11.8 Å². The molecular formula is C18H24N2O4S. The molecule has 1 aromatic heterocycles. The van der Waals surface area contributed by atoms with Crippen LogP contribution in [0, 0.1) is 5.92 Å². The number of hydrogen-bond donors (Lipinski definition) is 2. The molecule has 0 fully saturated rings. The van der Waals surface area contributed by atoms with E-state index in [1.165, 1.54) is 6.26 Å². The highest BCUT2D eigenvalue weighted by Crippen LogP contribution is 2.14. The second kappa shape index (κ2) is 8.31. The molecule has 1 amide bonds. The Morgan fingerprint density at radius 2 is 1.84 bits per heavy atom. The van der Waals surface area contributed by atoms with Crippen molar-refractivity contribution in [3.63, 3.8) is 0 Å². The van der Waals surface area contributed by atoms with E-state index >= 15 is 0 Å². The van der Waals surface area contributed by atoms with Crippen LogP contribution in [0.3, 0.4) is 0 Å². The summed E-state index contributed by atoms with van der Waals surface area (Å²) in [4.78, 5) is 12.6. The van der Waals surface area contributed by atoms with E-state index in [0.717, 1.165) is 12.0 Å². The van der Waals surface area contributed by atoms with Crippen molar-refractivity contribution in [2.24, 2.45) is 5.92 Å². The minimum Gasteiger partial charge on any atom is -0.467 e. The molecule has 1 aromatic carbocycles. The van der Waals surface area contributed by atoms with E-state index < -0.39 is 16.1 Å². The third-order valence-electron chi connectivity index (χ3n) is 3.89. The Morgan fingerprint density at radius 3 is 2.36 bits per heavy atom. The molecule has 1 heterocycles. The molecule has 7 heteroatoms. The average Bonchev–Trinajstić information content (AvgIpc) is 3.11. The molecule has 1 atom stereocenters. The van der Waals surface area contributed by atoms with Crippen LogP contribution in [0.15, 0.2) is 52.0 Å². The third kappa shape index (κ3) is 5.17. The van der Waals surface area contributed by atoms with Crippen molar-refractivity contribution in [1.82, 2.24) is 10.0 Å². The molecule has 2 N–H and O–H groups in total. The van der Waals surface area contributed by atoms with Crippen molar-refractivity contribution in [3.8, 4) is 0 Å². The lowest BCUT2D eigenvalue weighted by Gasteiger charge is -2.21. The summed E-state index contributed by atoms with van der Waals surface area (Å²) in [5.41, 5.74) is 1.05. The summed E-state index contributed by atoms with van der Waals surface area (Å²) in [6.45, 7) is 5.79. The number of aryl methyl sites for hydroxylation is 1. The van der Waals surface area contributed by atoms with Gasteiger partial charge in [0.25, 0.3) is 0 Å². The Hall–Kier alpha value is -2.12. The van der Waals surface area contributed by atoms with Crippen LogP contribution in [0.4, 0.5) is 0 Å². The number of nitrogens with one attached hydrogen (secondary N) is 2. The smallest absolute Gasteiger partial charge is 0.241 e. The Balaban J connectivity index is 2.09. The first-order chi connectivity index (χ1) is 11.8. The summed E-state index contributed by atoms with van der Waals surface area (Å²) < 4.78 is 32.8. The van der Waals surface area contributed by atoms with E-state index in [1.54, 1.807) is 50.2 Å². The summed E-state index contributed by atoms with van der Waals surface area (Å²) in [5.74, 6) is 0.00955. The first kappa shape index (κ1) is 19.2. The SMILES string of the molecule is CCc1ccc(S(=O)(=O)N[C@H](C(=O)NCc2ccco2)C(C)C)cc1. The molecule has 2 rings (SSSR count). The maximum atomic E-state index is 12.6. The fourth-order valence-corrected chi connectivity index (χ4v) is 3.67. The first-order valence-corrected chi connectivity index (χ1v) is 9.73. The Kier molecular flexibility index (Phi) is 6.39.